The van der Waals surface area contributed by atoms with E-state index in [0.717, 1.165) is 0 Å². The number of carbonyl (C=O) groups is 2. The number of benzene rings is 3. The van der Waals surface area contributed by atoms with Gasteiger partial charge in [0.1, 0.15) is 11.4 Å². The predicted molar refractivity (Wildman–Crippen MR) is 151 cm³/mol. The van der Waals surface area contributed by atoms with Crippen LogP contribution in [-0.2, 0) is 11.2 Å². The van der Waals surface area contributed by atoms with Crippen LogP contribution in [0.25, 0.3) is 5.57 Å². The van der Waals surface area contributed by atoms with Crippen molar-refractivity contribution in [1.29, 1.82) is 0 Å². The molecule has 3 N–H and O–H groups in total. The lowest BCUT2D eigenvalue weighted by Gasteiger charge is -2.27. The van der Waals surface area contributed by atoms with Crippen molar-refractivity contribution in [1.82, 2.24) is 0 Å². The fourth-order valence-corrected chi connectivity index (χ4v) is 4.38. The van der Waals surface area contributed by atoms with Crippen LogP contribution in [0.2, 0.25) is 0 Å². The minimum Gasteiger partial charge on any atom is -0.497 e. The second-order valence-electron chi connectivity index (χ2n) is 9.86. The molecule has 0 atom stereocenters. The van der Waals surface area contributed by atoms with E-state index >= 15 is 0 Å². The molecule has 0 bridgehead atoms. The molecule has 0 saturated heterocycles. The molecule has 10 nitrogen and oxygen atoms in total. The summed E-state index contributed by atoms with van der Waals surface area (Å²) in [5.41, 5.74) is 6.15. The summed E-state index contributed by atoms with van der Waals surface area (Å²) in [6.07, 6.45) is -0.0687. The number of methoxy groups -OCH3 is 3. The van der Waals surface area contributed by atoms with E-state index in [2.05, 4.69) is 0 Å². The van der Waals surface area contributed by atoms with Crippen LogP contribution in [0.3, 0.4) is 0 Å². The smallest absolute Gasteiger partial charge is 0.336 e. The van der Waals surface area contributed by atoms with E-state index in [4.69, 9.17) is 34.2 Å². The molecule has 0 saturated carbocycles. The molecule has 216 valence electrons. The molecule has 10 heteroatoms. The molecule has 0 aromatic heterocycles. The maximum absolute atomic E-state index is 14.0. The summed E-state index contributed by atoms with van der Waals surface area (Å²) in [5, 5.41) is 10.4. The molecule has 1 aliphatic heterocycles. The lowest BCUT2D eigenvalue weighted by molar-refractivity contribution is -0.130. The van der Waals surface area contributed by atoms with Crippen molar-refractivity contribution in [3.63, 3.8) is 0 Å². The van der Waals surface area contributed by atoms with Gasteiger partial charge in [0.05, 0.1) is 26.9 Å². The average molecular weight is 564 g/mol. The van der Waals surface area contributed by atoms with Gasteiger partial charge in [0.2, 0.25) is 12.5 Å². The topological polar surface area (TPSA) is 136 Å². The predicted octanol–water partition coefficient (Wildman–Crippen LogP) is 4.52. The summed E-state index contributed by atoms with van der Waals surface area (Å²) < 4.78 is 33.4. The van der Waals surface area contributed by atoms with Gasteiger partial charge in [-0.1, -0.05) is 6.07 Å². The van der Waals surface area contributed by atoms with Gasteiger partial charge in [-0.25, -0.2) is 4.79 Å². The number of allylic oxidation sites excluding steroid dienone is 1. The van der Waals surface area contributed by atoms with E-state index in [9.17, 15) is 14.7 Å². The molecule has 3 aromatic carbocycles. The summed E-state index contributed by atoms with van der Waals surface area (Å²) in [7, 11) is 4.49. The number of rotatable bonds is 12. The van der Waals surface area contributed by atoms with Crippen molar-refractivity contribution in [2.24, 2.45) is 5.73 Å². The van der Waals surface area contributed by atoms with Gasteiger partial charge in [-0.15, -0.1) is 0 Å². The van der Waals surface area contributed by atoms with Crippen molar-refractivity contribution in [2.45, 2.75) is 25.9 Å². The number of carboxylic acid groups (broad SMARTS) is 1. The third kappa shape index (κ3) is 6.38. The van der Waals surface area contributed by atoms with E-state index in [1.165, 1.54) is 21.3 Å². The fraction of sp³-hybridized carbons (Fsp3) is 0.290. The summed E-state index contributed by atoms with van der Waals surface area (Å²) in [5.74, 6) is 0.736. The van der Waals surface area contributed by atoms with Crippen molar-refractivity contribution in [3.05, 3.63) is 76.9 Å². The van der Waals surface area contributed by atoms with Crippen molar-refractivity contribution >= 4 is 17.3 Å². The van der Waals surface area contributed by atoms with Crippen molar-refractivity contribution in [3.8, 4) is 34.5 Å². The number of ketones is 1. The number of ether oxygens (including phenoxy) is 6. The number of hydrogen-bond acceptors (Lipinski definition) is 9. The highest BCUT2D eigenvalue weighted by Gasteiger charge is 2.28. The molecule has 1 aliphatic rings. The lowest BCUT2D eigenvalue weighted by Crippen LogP contribution is -2.37. The summed E-state index contributed by atoms with van der Waals surface area (Å²) >= 11 is 0. The standard InChI is InChI=1S/C31H33NO9/c1-31(2,16-32)41-26-14-18(13-25(37-4)29(26)38-5)12-22(28(33)19-6-9-21(36-3)10-7-19)27(30(34)35)20-8-11-23-24(15-20)40-17-39-23/h6-11,13-15H,12,16-17,32H2,1-5H3,(H,34,35). The highest BCUT2D eigenvalue weighted by Crippen LogP contribution is 2.42. The van der Waals surface area contributed by atoms with Crippen LogP contribution in [0.5, 0.6) is 34.5 Å². The quantitative estimate of drug-likeness (QED) is 0.239. The molecule has 0 radical (unpaired) electrons. The molecule has 0 fully saturated rings. The Bertz CT molecular complexity index is 1480. The van der Waals surface area contributed by atoms with Gasteiger partial charge in [-0.3, -0.25) is 4.79 Å². The largest absolute Gasteiger partial charge is 0.497 e. The molecular formula is C31H33NO9. The third-order valence-electron chi connectivity index (χ3n) is 6.57. The van der Waals surface area contributed by atoms with Crippen molar-refractivity contribution in [2.75, 3.05) is 34.7 Å². The van der Waals surface area contributed by atoms with Crippen LogP contribution < -0.4 is 34.2 Å². The highest BCUT2D eigenvalue weighted by atomic mass is 16.7. The average Bonchev–Trinajstić information content (AvgIpc) is 3.44. The Morgan fingerprint density at radius 3 is 2.15 bits per heavy atom. The fourth-order valence-electron chi connectivity index (χ4n) is 4.38. The summed E-state index contributed by atoms with van der Waals surface area (Å²) in [6.45, 7) is 3.89. The van der Waals surface area contributed by atoms with Crippen LogP contribution in [0, 0.1) is 0 Å². The Labute approximate surface area is 238 Å². The van der Waals surface area contributed by atoms with Gasteiger partial charge < -0.3 is 39.3 Å². The van der Waals surface area contributed by atoms with Gasteiger partial charge in [-0.2, -0.15) is 0 Å². The number of aliphatic carboxylic acids is 1. The molecule has 4 rings (SSSR count). The lowest BCUT2D eigenvalue weighted by atomic mass is 9.89. The van der Waals surface area contributed by atoms with E-state index < -0.39 is 17.4 Å². The molecule has 0 spiro atoms. The van der Waals surface area contributed by atoms with E-state index in [0.29, 0.717) is 51.2 Å². The van der Waals surface area contributed by atoms with Crippen molar-refractivity contribution < 1.29 is 43.1 Å². The SMILES string of the molecule is COc1ccc(C(=O)C(Cc2cc(OC)c(OC)c(OC(C)(C)CN)c2)=C(C(=O)O)c2ccc3c(c2)OCO3)cc1. The maximum Gasteiger partial charge on any atom is 0.336 e. The van der Waals surface area contributed by atoms with Gasteiger partial charge in [-0.05, 0) is 73.5 Å². The molecule has 0 unspecified atom stereocenters. The zero-order valence-electron chi connectivity index (χ0n) is 23.6. The number of Topliss-reactive ketones (excluding diaryl/α,β-unsaturated/α-hetero) is 1. The maximum atomic E-state index is 14.0. The monoisotopic (exact) mass is 563 g/mol. The Balaban J connectivity index is 1.91. The molecule has 3 aromatic rings. The molecule has 1 heterocycles. The molecule has 0 amide bonds. The zero-order valence-corrected chi connectivity index (χ0v) is 23.6. The second kappa shape index (κ2) is 12.2. The van der Waals surface area contributed by atoms with Gasteiger partial charge in [0.15, 0.2) is 28.8 Å². The minimum absolute atomic E-state index is 0.0239. The zero-order chi connectivity index (χ0) is 29.7. The van der Waals surface area contributed by atoms with E-state index in [1.54, 1.807) is 54.6 Å². The third-order valence-corrected chi connectivity index (χ3v) is 6.57. The molecule has 41 heavy (non-hydrogen) atoms. The van der Waals surface area contributed by atoms with Gasteiger partial charge in [0.25, 0.3) is 0 Å². The first-order valence-corrected chi connectivity index (χ1v) is 12.8. The van der Waals surface area contributed by atoms with Gasteiger partial charge >= 0.3 is 5.97 Å². The Kier molecular flexibility index (Phi) is 8.73. The van der Waals surface area contributed by atoms with Crippen LogP contribution in [0.15, 0.2) is 60.2 Å². The number of nitrogens with two attached hydrogens (primary N) is 1. The van der Waals surface area contributed by atoms with Crippen LogP contribution >= 0.6 is 0 Å². The first-order valence-electron chi connectivity index (χ1n) is 12.8. The van der Waals surface area contributed by atoms with E-state index in [1.807, 2.05) is 13.8 Å². The Morgan fingerprint density at radius 2 is 1.54 bits per heavy atom. The summed E-state index contributed by atoms with van der Waals surface area (Å²) in [6, 6.07) is 14.6. The van der Waals surface area contributed by atoms with E-state index in [-0.39, 0.29) is 30.9 Å². The van der Waals surface area contributed by atoms with Crippen LogP contribution in [-0.4, -0.2) is 57.1 Å². The molecule has 0 aliphatic carbocycles. The highest BCUT2D eigenvalue weighted by molar-refractivity contribution is 6.26. The second-order valence-corrected chi connectivity index (χ2v) is 9.86. The van der Waals surface area contributed by atoms with Crippen LogP contribution in [0.1, 0.15) is 35.3 Å². The summed E-state index contributed by atoms with van der Waals surface area (Å²) in [4.78, 5) is 26.8. The number of carboxylic acids is 1. The Morgan fingerprint density at radius 1 is 0.878 bits per heavy atom. The first kappa shape index (κ1) is 29.3. The number of hydrogen-bond donors (Lipinski definition) is 2. The number of carbonyl (C=O) groups excluding carboxylic acids is 1. The minimum atomic E-state index is -1.28. The van der Waals surface area contributed by atoms with Crippen LogP contribution in [0.4, 0.5) is 0 Å². The number of fused-ring (bicyclic) bond motifs is 1. The normalized spacial score (nSPS) is 12.8. The van der Waals surface area contributed by atoms with Gasteiger partial charge in [0, 0.05) is 24.1 Å². The molecular weight excluding hydrogens is 530 g/mol. The Hall–Kier alpha value is -4.70. The first-order chi connectivity index (χ1) is 19.6.